The van der Waals surface area contributed by atoms with Gasteiger partial charge in [-0.3, -0.25) is 9.59 Å². The van der Waals surface area contributed by atoms with E-state index in [-0.39, 0.29) is 12.4 Å². The maximum Gasteiger partial charge on any atom is 0.345 e. The highest BCUT2D eigenvalue weighted by Gasteiger charge is 2.75. The number of esters is 2. The van der Waals surface area contributed by atoms with Crippen molar-refractivity contribution in [1.29, 1.82) is 0 Å². The highest BCUT2D eigenvalue weighted by atomic mass is 32.2. The summed E-state index contributed by atoms with van der Waals surface area (Å²) < 4.78 is 52.2. The number of carbonyl (C=O) groups is 3. The Morgan fingerprint density at radius 2 is 1.52 bits per heavy atom. The molecule has 9 nitrogen and oxygen atoms in total. The van der Waals surface area contributed by atoms with Gasteiger partial charge in [-0.2, -0.15) is 8.42 Å². The zero-order chi connectivity index (χ0) is 23.9. The number of carbonyl (C=O) groups excluding carboxylic acids is 3. The molecule has 0 aromatic heterocycles. The predicted octanol–water partition coefficient (Wildman–Crippen LogP) is 1.44. The number of hydrogen-bond donors (Lipinski definition) is 1. The lowest BCUT2D eigenvalue weighted by atomic mass is 9.49. The number of ether oxygens (including phenoxy) is 2. The van der Waals surface area contributed by atoms with Gasteiger partial charge in [-0.15, -0.1) is 0 Å². The smallest absolute Gasteiger partial charge is 0.345 e. The van der Waals surface area contributed by atoms with Crippen molar-refractivity contribution >= 4 is 28.0 Å². The Labute approximate surface area is 192 Å². The summed E-state index contributed by atoms with van der Waals surface area (Å²) >= 11 is 0. The van der Waals surface area contributed by atoms with Crippen molar-refractivity contribution < 1.29 is 40.8 Å². The molecule has 184 valence electrons. The largest absolute Gasteiger partial charge is 0.425 e. The molecule has 2 N–H and O–H groups in total. The maximum atomic E-state index is 14.5. The van der Waals surface area contributed by atoms with Crippen molar-refractivity contribution in [2.24, 2.45) is 46.7 Å². The van der Waals surface area contributed by atoms with Crippen LogP contribution in [0.2, 0.25) is 0 Å². The van der Waals surface area contributed by atoms with Crippen molar-refractivity contribution in [3.8, 4) is 0 Å². The molecule has 0 unspecified atom stereocenters. The fraction of sp³-hybridized carbons (Fsp3) is 0.864. The van der Waals surface area contributed by atoms with E-state index in [9.17, 15) is 27.2 Å². The van der Waals surface area contributed by atoms with Crippen LogP contribution in [0.1, 0.15) is 51.9 Å². The van der Waals surface area contributed by atoms with Gasteiger partial charge in [0.25, 0.3) is 0 Å². The van der Waals surface area contributed by atoms with Crippen LogP contribution in [0.5, 0.6) is 0 Å². The summed E-state index contributed by atoms with van der Waals surface area (Å²) in [5.41, 5.74) is 3.21. The number of alkyl halides is 1. The molecule has 0 saturated heterocycles. The van der Waals surface area contributed by atoms with Gasteiger partial charge >= 0.3 is 28.0 Å². The predicted molar refractivity (Wildman–Crippen MR) is 110 cm³/mol. The maximum absolute atomic E-state index is 14.5. The molecule has 4 bridgehead atoms. The number of nitrogens with two attached hydrogens (primary N) is 1. The van der Waals surface area contributed by atoms with Crippen LogP contribution < -0.4 is 5.73 Å². The highest BCUT2D eigenvalue weighted by Crippen LogP contribution is 2.63. The first-order chi connectivity index (χ1) is 15.3. The van der Waals surface area contributed by atoms with Gasteiger partial charge in [0.1, 0.15) is 6.17 Å². The molecule has 6 saturated carbocycles. The molecule has 6 aliphatic rings. The topological polar surface area (TPSA) is 139 Å². The number of fused-ring (bicyclic) bond motifs is 1. The minimum Gasteiger partial charge on any atom is -0.425 e. The van der Waals surface area contributed by atoms with Crippen LogP contribution in [-0.2, 0) is 38.2 Å². The summed E-state index contributed by atoms with van der Waals surface area (Å²) in [6.45, 7) is 1.46. The van der Waals surface area contributed by atoms with Crippen LogP contribution in [-0.4, -0.2) is 50.6 Å². The standard InChI is InChI=1S/C22H30FNO8S/c1-10(31-19(26)21-7-11-3-12(8-21)5-13(4-11)9-21)30-18(25)16-14-6-15(23)22(24,17(14)16)20(27)32-33(2,28)29/h10-17H,3-9,24H2,1-2H3/t10-,11?,12?,13?,14-,15-,16-,17-,21?,22-/m0/s1. The third kappa shape index (κ3) is 3.75. The molecule has 0 radical (unpaired) electrons. The normalized spacial score (nSPS) is 45.8. The molecule has 0 aliphatic heterocycles. The summed E-state index contributed by atoms with van der Waals surface area (Å²) in [6, 6.07) is 0. The number of halogens is 1. The number of rotatable bonds is 6. The molecular weight excluding hydrogens is 457 g/mol. The zero-order valence-electron chi connectivity index (χ0n) is 18.7. The Bertz CT molecular complexity index is 963. The molecule has 11 heteroatoms. The molecule has 0 amide bonds. The zero-order valence-corrected chi connectivity index (χ0v) is 19.5. The molecule has 0 aromatic rings. The summed E-state index contributed by atoms with van der Waals surface area (Å²) in [6.07, 6.45) is 3.52. The summed E-state index contributed by atoms with van der Waals surface area (Å²) in [7, 11) is -4.19. The fourth-order valence-electron chi connectivity index (χ4n) is 7.66. The molecule has 6 fully saturated rings. The quantitative estimate of drug-likeness (QED) is 0.335. The first kappa shape index (κ1) is 23.0. The lowest BCUT2D eigenvalue weighted by Gasteiger charge is -2.55. The van der Waals surface area contributed by atoms with Crippen LogP contribution in [0, 0.1) is 40.9 Å². The third-order valence-corrected chi connectivity index (χ3v) is 9.05. The molecule has 33 heavy (non-hydrogen) atoms. The van der Waals surface area contributed by atoms with E-state index in [1.165, 1.54) is 26.2 Å². The van der Waals surface area contributed by atoms with Gasteiger partial charge in [0.15, 0.2) is 5.54 Å². The molecule has 6 atom stereocenters. The van der Waals surface area contributed by atoms with E-state index in [1.54, 1.807) is 0 Å². The Morgan fingerprint density at radius 3 is 2.03 bits per heavy atom. The van der Waals surface area contributed by atoms with Crippen molar-refractivity contribution in [2.45, 2.75) is 69.9 Å². The SMILES string of the molecule is C[C@@H](OC(=O)[C@H]1[C@@H]2C[C@H](F)[C@@](N)(C(=O)OS(C)(=O)=O)[C@@H]21)OC(=O)C12CC3CC(CC(C3)C1)C2. The van der Waals surface area contributed by atoms with E-state index in [1.807, 2.05) is 0 Å². The lowest BCUT2D eigenvalue weighted by Crippen LogP contribution is -2.57. The van der Waals surface area contributed by atoms with Gasteiger partial charge in [0, 0.05) is 12.8 Å². The van der Waals surface area contributed by atoms with Gasteiger partial charge in [0.05, 0.1) is 17.6 Å². The Balaban J connectivity index is 1.20. The summed E-state index contributed by atoms with van der Waals surface area (Å²) in [4.78, 5) is 38.0. The van der Waals surface area contributed by atoms with Gasteiger partial charge in [-0.25, -0.2) is 9.18 Å². The van der Waals surface area contributed by atoms with Crippen molar-refractivity contribution in [3.63, 3.8) is 0 Å². The fourth-order valence-corrected chi connectivity index (χ4v) is 8.08. The second-order valence-corrected chi connectivity index (χ2v) is 12.6. The van der Waals surface area contributed by atoms with Gasteiger partial charge in [0.2, 0.25) is 6.29 Å². The first-order valence-electron chi connectivity index (χ1n) is 11.6. The van der Waals surface area contributed by atoms with Gasteiger partial charge < -0.3 is 19.4 Å². The van der Waals surface area contributed by atoms with E-state index in [0.29, 0.717) is 24.0 Å². The van der Waals surface area contributed by atoms with Crippen LogP contribution in [0.3, 0.4) is 0 Å². The third-order valence-electron chi connectivity index (χ3n) is 8.60. The molecule has 0 aromatic carbocycles. The summed E-state index contributed by atoms with van der Waals surface area (Å²) in [5, 5.41) is 0. The average Bonchev–Trinajstić information content (AvgIpc) is 3.32. The minimum absolute atomic E-state index is 0.179. The molecule has 0 heterocycles. The first-order valence-corrected chi connectivity index (χ1v) is 13.4. The van der Waals surface area contributed by atoms with Crippen LogP contribution in [0.15, 0.2) is 0 Å². The average molecular weight is 488 g/mol. The summed E-state index contributed by atoms with van der Waals surface area (Å²) in [5.74, 6) is -3.18. The highest BCUT2D eigenvalue weighted by molar-refractivity contribution is 7.86. The molecule has 6 aliphatic carbocycles. The molecular formula is C22H30FNO8S. The van der Waals surface area contributed by atoms with Crippen molar-refractivity contribution in [1.82, 2.24) is 0 Å². The Hall–Kier alpha value is -1.75. The van der Waals surface area contributed by atoms with E-state index in [2.05, 4.69) is 4.18 Å². The van der Waals surface area contributed by atoms with Crippen LogP contribution >= 0.6 is 0 Å². The monoisotopic (exact) mass is 487 g/mol. The number of hydrogen-bond acceptors (Lipinski definition) is 9. The Kier molecular flexibility index (Phi) is 5.14. The molecule has 6 rings (SSSR count). The molecule has 0 spiro atoms. The minimum atomic E-state index is -4.19. The van der Waals surface area contributed by atoms with Crippen molar-refractivity contribution in [3.05, 3.63) is 0 Å². The van der Waals surface area contributed by atoms with Gasteiger partial charge in [-0.1, -0.05) is 0 Å². The van der Waals surface area contributed by atoms with Crippen LogP contribution in [0.4, 0.5) is 4.39 Å². The van der Waals surface area contributed by atoms with Crippen LogP contribution in [0.25, 0.3) is 0 Å². The van der Waals surface area contributed by atoms with E-state index in [0.717, 1.165) is 19.3 Å². The van der Waals surface area contributed by atoms with Gasteiger partial charge in [-0.05, 0) is 68.6 Å². The second-order valence-electron chi connectivity index (χ2n) is 11.0. The van der Waals surface area contributed by atoms with E-state index < -0.39 is 63.2 Å². The second kappa shape index (κ2) is 7.37. The lowest BCUT2D eigenvalue weighted by molar-refractivity contribution is -0.202. The van der Waals surface area contributed by atoms with Crippen molar-refractivity contribution in [2.75, 3.05) is 6.26 Å². The Morgan fingerprint density at radius 1 is 0.970 bits per heavy atom. The van der Waals surface area contributed by atoms with E-state index >= 15 is 0 Å². The van der Waals surface area contributed by atoms with E-state index in [4.69, 9.17) is 15.2 Å².